The highest BCUT2D eigenvalue weighted by molar-refractivity contribution is 9.10. The van der Waals surface area contributed by atoms with E-state index in [-0.39, 0.29) is 6.04 Å². The van der Waals surface area contributed by atoms with Crippen LogP contribution in [0.1, 0.15) is 17.2 Å². The number of nitrogens with zero attached hydrogens (tertiary/aromatic N) is 2. The minimum atomic E-state index is -0.859. The Morgan fingerprint density at radius 3 is 2.68 bits per heavy atom. The minimum absolute atomic E-state index is 0.0686. The maximum atomic E-state index is 13.3. The van der Waals surface area contributed by atoms with Crippen LogP contribution in [0.3, 0.4) is 0 Å². The summed E-state index contributed by atoms with van der Waals surface area (Å²) in [6, 6.07) is 11.6. The van der Waals surface area contributed by atoms with E-state index in [9.17, 15) is 8.78 Å². The number of aliphatic imine (C=N–C) groups is 1. The third-order valence-electron chi connectivity index (χ3n) is 3.62. The Kier molecular flexibility index (Phi) is 4.22. The maximum Gasteiger partial charge on any atom is 0.159 e. The first-order valence-corrected chi connectivity index (χ1v) is 7.61. The lowest BCUT2D eigenvalue weighted by Gasteiger charge is -2.14. The van der Waals surface area contributed by atoms with Crippen LogP contribution >= 0.6 is 15.9 Å². The van der Waals surface area contributed by atoms with Crippen molar-refractivity contribution in [1.82, 2.24) is 5.01 Å². The summed E-state index contributed by atoms with van der Waals surface area (Å²) in [5.41, 5.74) is 1.69. The Labute approximate surface area is 135 Å². The molecule has 0 bridgehead atoms. The number of rotatable bonds is 3. The second-order valence-electron chi connectivity index (χ2n) is 5.16. The number of amidine groups is 1. The highest BCUT2D eigenvalue weighted by atomic mass is 79.9. The Balaban J connectivity index is 1.83. The van der Waals surface area contributed by atoms with Crippen molar-refractivity contribution in [3.8, 4) is 0 Å². The van der Waals surface area contributed by atoms with E-state index in [1.54, 1.807) is 11.1 Å². The predicted molar refractivity (Wildman–Crippen MR) is 85.3 cm³/mol. The molecule has 2 aromatic carbocycles. The van der Waals surface area contributed by atoms with Crippen LogP contribution < -0.4 is 5.84 Å². The average molecular weight is 366 g/mol. The van der Waals surface area contributed by atoms with Gasteiger partial charge in [0.05, 0.1) is 12.6 Å². The van der Waals surface area contributed by atoms with Crippen LogP contribution in [-0.4, -0.2) is 17.4 Å². The molecule has 1 aliphatic heterocycles. The fourth-order valence-corrected chi connectivity index (χ4v) is 3.03. The number of nitrogens with two attached hydrogens (primary N) is 1. The molecule has 114 valence electrons. The van der Waals surface area contributed by atoms with Crippen LogP contribution in [0.15, 0.2) is 51.9 Å². The zero-order valence-electron chi connectivity index (χ0n) is 11.6. The zero-order valence-corrected chi connectivity index (χ0v) is 13.2. The second-order valence-corrected chi connectivity index (χ2v) is 6.01. The van der Waals surface area contributed by atoms with E-state index in [0.29, 0.717) is 24.4 Å². The van der Waals surface area contributed by atoms with Gasteiger partial charge in [-0.1, -0.05) is 40.2 Å². The largest absolute Gasteiger partial charge is 0.296 e. The van der Waals surface area contributed by atoms with Gasteiger partial charge in [-0.05, 0) is 29.3 Å². The fraction of sp³-hybridized carbons (Fsp3) is 0.188. The molecule has 2 N–H and O–H groups in total. The monoisotopic (exact) mass is 365 g/mol. The van der Waals surface area contributed by atoms with Gasteiger partial charge in [0.1, 0.15) is 5.84 Å². The van der Waals surface area contributed by atoms with E-state index in [2.05, 4.69) is 20.9 Å². The van der Waals surface area contributed by atoms with Crippen LogP contribution in [0, 0.1) is 11.6 Å². The predicted octanol–water partition coefficient (Wildman–Crippen LogP) is 3.60. The molecule has 0 fully saturated rings. The normalized spacial score (nSPS) is 17.7. The SMILES string of the molecule is NN1CC(c2ccccc2Br)N=C1Cc1ccc(F)c(F)c1. The molecule has 0 radical (unpaired) electrons. The molecule has 6 heteroatoms. The van der Waals surface area contributed by atoms with Gasteiger partial charge in [-0.2, -0.15) is 0 Å². The summed E-state index contributed by atoms with van der Waals surface area (Å²) in [5.74, 6) is 4.94. The lowest BCUT2D eigenvalue weighted by Crippen LogP contribution is -2.35. The third-order valence-corrected chi connectivity index (χ3v) is 4.34. The Bertz CT molecular complexity index is 733. The quantitative estimate of drug-likeness (QED) is 0.844. The fourth-order valence-electron chi connectivity index (χ4n) is 2.48. The van der Waals surface area contributed by atoms with Crippen molar-refractivity contribution in [3.63, 3.8) is 0 Å². The van der Waals surface area contributed by atoms with Gasteiger partial charge < -0.3 is 0 Å². The molecule has 0 saturated carbocycles. The van der Waals surface area contributed by atoms with Gasteiger partial charge in [0, 0.05) is 10.9 Å². The molecule has 3 nitrogen and oxygen atoms in total. The van der Waals surface area contributed by atoms with Crippen molar-refractivity contribution < 1.29 is 8.78 Å². The first-order valence-electron chi connectivity index (χ1n) is 6.82. The molecular weight excluding hydrogens is 352 g/mol. The molecule has 0 saturated heterocycles. The summed E-state index contributed by atoms with van der Waals surface area (Å²) < 4.78 is 27.2. The molecule has 1 heterocycles. The van der Waals surface area contributed by atoms with Crippen LogP contribution in [0.25, 0.3) is 0 Å². The summed E-state index contributed by atoms with van der Waals surface area (Å²) in [6.07, 6.45) is 0.370. The van der Waals surface area contributed by atoms with Gasteiger partial charge >= 0.3 is 0 Å². The van der Waals surface area contributed by atoms with Gasteiger partial charge in [0.2, 0.25) is 0 Å². The van der Waals surface area contributed by atoms with E-state index in [1.165, 1.54) is 6.07 Å². The first kappa shape index (κ1) is 15.1. The van der Waals surface area contributed by atoms with Gasteiger partial charge in [0.15, 0.2) is 11.6 Å². The van der Waals surface area contributed by atoms with Crippen molar-refractivity contribution in [2.75, 3.05) is 6.54 Å². The molecule has 0 aromatic heterocycles. The molecule has 2 aromatic rings. The van der Waals surface area contributed by atoms with E-state index in [0.717, 1.165) is 16.1 Å². The summed E-state index contributed by atoms with van der Waals surface area (Å²) in [7, 11) is 0. The van der Waals surface area contributed by atoms with Crippen molar-refractivity contribution in [2.45, 2.75) is 12.5 Å². The van der Waals surface area contributed by atoms with Crippen LogP contribution in [-0.2, 0) is 6.42 Å². The summed E-state index contributed by atoms with van der Waals surface area (Å²) in [4.78, 5) is 4.62. The summed E-state index contributed by atoms with van der Waals surface area (Å²) in [6.45, 7) is 0.557. The lowest BCUT2D eigenvalue weighted by atomic mass is 10.1. The van der Waals surface area contributed by atoms with Crippen LogP contribution in [0.2, 0.25) is 0 Å². The topological polar surface area (TPSA) is 41.6 Å². The molecular formula is C16H14BrF2N3. The number of hydrogen-bond donors (Lipinski definition) is 1. The molecule has 22 heavy (non-hydrogen) atoms. The third kappa shape index (κ3) is 3.03. The molecule has 1 atom stereocenters. The van der Waals surface area contributed by atoms with Crippen molar-refractivity contribution in [3.05, 3.63) is 69.7 Å². The van der Waals surface area contributed by atoms with E-state index in [1.807, 2.05) is 24.3 Å². The highest BCUT2D eigenvalue weighted by Crippen LogP contribution is 2.30. The smallest absolute Gasteiger partial charge is 0.159 e. The molecule has 1 unspecified atom stereocenters. The van der Waals surface area contributed by atoms with Gasteiger partial charge in [0.25, 0.3) is 0 Å². The Morgan fingerprint density at radius 2 is 1.95 bits per heavy atom. The number of hydrogen-bond acceptors (Lipinski definition) is 3. The number of hydrazine groups is 1. The van der Waals surface area contributed by atoms with Crippen LogP contribution in [0.5, 0.6) is 0 Å². The molecule has 0 aliphatic carbocycles. The van der Waals surface area contributed by atoms with Crippen molar-refractivity contribution >= 4 is 21.8 Å². The molecule has 1 aliphatic rings. The number of halogens is 3. The van der Waals surface area contributed by atoms with E-state index in [4.69, 9.17) is 5.84 Å². The summed E-state index contributed by atoms with van der Waals surface area (Å²) in [5, 5.41) is 1.56. The highest BCUT2D eigenvalue weighted by Gasteiger charge is 2.25. The molecule has 0 spiro atoms. The van der Waals surface area contributed by atoms with Gasteiger partial charge in [-0.15, -0.1) is 0 Å². The number of benzene rings is 2. The zero-order chi connectivity index (χ0) is 15.7. The Hall–Kier alpha value is -1.79. The van der Waals surface area contributed by atoms with Gasteiger partial charge in [-0.3, -0.25) is 10.0 Å². The van der Waals surface area contributed by atoms with Crippen molar-refractivity contribution in [2.24, 2.45) is 10.8 Å². The van der Waals surface area contributed by atoms with Crippen molar-refractivity contribution in [1.29, 1.82) is 0 Å². The van der Waals surface area contributed by atoms with E-state index < -0.39 is 11.6 Å². The Morgan fingerprint density at radius 1 is 1.18 bits per heavy atom. The first-order chi connectivity index (χ1) is 10.5. The van der Waals surface area contributed by atoms with Crippen LogP contribution in [0.4, 0.5) is 8.78 Å². The average Bonchev–Trinajstić information content (AvgIpc) is 2.84. The molecule has 0 amide bonds. The standard InChI is InChI=1S/C16H14BrF2N3/c17-12-4-2-1-3-11(12)15-9-22(20)16(21-15)8-10-5-6-13(18)14(19)7-10/h1-7,15H,8-9,20H2. The van der Waals surface area contributed by atoms with E-state index >= 15 is 0 Å². The lowest BCUT2D eigenvalue weighted by molar-refractivity contribution is 0.442. The molecule has 3 rings (SSSR count). The minimum Gasteiger partial charge on any atom is -0.296 e. The maximum absolute atomic E-state index is 13.3. The summed E-state index contributed by atoms with van der Waals surface area (Å²) >= 11 is 3.51. The second kappa shape index (κ2) is 6.14. The van der Waals surface area contributed by atoms with Gasteiger partial charge in [-0.25, -0.2) is 14.6 Å².